The standard InChI is InChI=1S/C16H23N3O/c1-11(2)9-14(18)15(20)19-13-7-5-12(6-8-13)16(3,4)10-17/h5-8,11,14H,9,18H2,1-4H3,(H,19,20)/t14-/m0/s1. The number of nitrogens with one attached hydrogen (secondary N) is 1. The van der Waals surface area contributed by atoms with Gasteiger partial charge >= 0.3 is 0 Å². The Balaban J connectivity index is 2.71. The molecule has 20 heavy (non-hydrogen) atoms. The van der Waals surface area contributed by atoms with Crippen molar-refractivity contribution < 1.29 is 4.79 Å². The smallest absolute Gasteiger partial charge is 0.241 e. The van der Waals surface area contributed by atoms with Gasteiger partial charge in [-0.2, -0.15) is 5.26 Å². The maximum absolute atomic E-state index is 11.9. The number of rotatable bonds is 5. The molecular formula is C16H23N3O. The second-order valence-corrected chi connectivity index (χ2v) is 6.04. The zero-order valence-electron chi connectivity index (χ0n) is 12.6. The van der Waals surface area contributed by atoms with E-state index in [1.807, 2.05) is 39.8 Å². The van der Waals surface area contributed by atoms with Crippen molar-refractivity contribution in [2.24, 2.45) is 11.7 Å². The number of nitrogens with zero attached hydrogens (tertiary/aromatic N) is 1. The van der Waals surface area contributed by atoms with Crippen LogP contribution in [0.1, 0.15) is 39.7 Å². The fraction of sp³-hybridized carbons (Fsp3) is 0.500. The molecular weight excluding hydrogens is 250 g/mol. The highest BCUT2D eigenvalue weighted by Crippen LogP contribution is 2.23. The Morgan fingerprint density at radius 1 is 1.35 bits per heavy atom. The number of benzene rings is 1. The topological polar surface area (TPSA) is 78.9 Å². The molecule has 4 heteroatoms. The Bertz CT molecular complexity index is 497. The van der Waals surface area contributed by atoms with Gasteiger partial charge in [0.25, 0.3) is 0 Å². The average molecular weight is 273 g/mol. The molecule has 0 saturated carbocycles. The molecule has 0 fully saturated rings. The van der Waals surface area contributed by atoms with Crippen molar-refractivity contribution >= 4 is 11.6 Å². The molecule has 0 bridgehead atoms. The first-order chi connectivity index (χ1) is 9.26. The Labute approximate surface area is 121 Å². The molecule has 108 valence electrons. The fourth-order valence-corrected chi connectivity index (χ4v) is 1.88. The Hall–Kier alpha value is -1.86. The molecule has 0 unspecified atom stereocenters. The predicted molar refractivity (Wildman–Crippen MR) is 81.1 cm³/mol. The monoisotopic (exact) mass is 273 g/mol. The summed E-state index contributed by atoms with van der Waals surface area (Å²) in [5.74, 6) is 0.209. The second kappa shape index (κ2) is 6.53. The third-order valence-corrected chi connectivity index (χ3v) is 3.22. The zero-order chi connectivity index (χ0) is 15.3. The minimum absolute atomic E-state index is 0.175. The van der Waals surface area contributed by atoms with Crippen LogP contribution in [0.5, 0.6) is 0 Å². The predicted octanol–water partition coefficient (Wildman–Crippen LogP) is 2.80. The van der Waals surface area contributed by atoms with Crippen LogP contribution in [0.3, 0.4) is 0 Å². The Morgan fingerprint density at radius 3 is 2.35 bits per heavy atom. The molecule has 0 aliphatic heterocycles. The van der Waals surface area contributed by atoms with Gasteiger partial charge in [0.05, 0.1) is 17.5 Å². The van der Waals surface area contributed by atoms with Crippen LogP contribution >= 0.6 is 0 Å². The first-order valence-corrected chi connectivity index (χ1v) is 6.84. The molecule has 1 atom stereocenters. The lowest BCUT2D eigenvalue weighted by Crippen LogP contribution is -2.36. The molecule has 0 saturated heterocycles. The summed E-state index contributed by atoms with van der Waals surface area (Å²) in [6.07, 6.45) is 0.658. The molecule has 0 aliphatic carbocycles. The van der Waals surface area contributed by atoms with Crippen LogP contribution in [0.25, 0.3) is 0 Å². The molecule has 0 aliphatic rings. The van der Waals surface area contributed by atoms with Gasteiger partial charge in [0.1, 0.15) is 0 Å². The van der Waals surface area contributed by atoms with E-state index in [0.717, 1.165) is 5.56 Å². The highest BCUT2D eigenvalue weighted by molar-refractivity contribution is 5.94. The van der Waals surface area contributed by atoms with E-state index in [9.17, 15) is 4.79 Å². The van der Waals surface area contributed by atoms with Gasteiger partial charge < -0.3 is 11.1 Å². The summed E-state index contributed by atoms with van der Waals surface area (Å²) < 4.78 is 0. The van der Waals surface area contributed by atoms with Crippen molar-refractivity contribution in [2.75, 3.05) is 5.32 Å². The lowest BCUT2D eigenvalue weighted by molar-refractivity contribution is -0.117. The van der Waals surface area contributed by atoms with E-state index < -0.39 is 11.5 Å². The number of nitrogens with two attached hydrogens (primary N) is 1. The normalized spacial score (nSPS) is 12.8. The number of carbonyl (C=O) groups excluding carboxylic acids is 1. The van der Waals surface area contributed by atoms with Gasteiger partial charge in [-0.15, -0.1) is 0 Å². The van der Waals surface area contributed by atoms with Crippen molar-refractivity contribution in [2.45, 2.75) is 45.6 Å². The third-order valence-electron chi connectivity index (χ3n) is 3.22. The molecule has 1 amide bonds. The van der Waals surface area contributed by atoms with Crippen molar-refractivity contribution in [3.8, 4) is 6.07 Å². The molecule has 1 rings (SSSR count). The summed E-state index contributed by atoms with van der Waals surface area (Å²) in [5, 5.41) is 11.9. The van der Waals surface area contributed by atoms with Crippen molar-refractivity contribution in [1.29, 1.82) is 5.26 Å². The van der Waals surface area contributed by atoms with Crippen molar-refractivity contribution in [3.63, 3.8) is 0 Å². The molecule has 1 aromatic rings. The number of hydrogen-bond donors (Lipinski definition) is 2. The Kier molecular flexibility index (Phi) is 5.29. The zero-order valence-corrected chi connectivity index (χ0v) is 12.6. The van der Waals surface area contributed by atoms with Crippen molar-refractivity contribution in [1.82, 2.24) is 0 Å². The molecule has 0 spiro atoms. The highest BCUT2D eigenvalue weighted by atomic mass is 16.2. The van der Waals surface area contributed by atoms with E-state index >= 15 is 0 Å². The summed E-state index contributed by atoms with van der Waals surface area (Å²) in [6, 6.07) is 9.06. The van der Waals surface area contributed by atoms with Crippen LogP contribution in [-0.2, 0) is 10.2 Å². The van der Waals surface area contributed by atoms with E-state index in [-0.39, 0.29) is 5.91 Å². The summed E-state index contributed by atoms with van der Waals surface area (Å²) in [5.41, 5.74) is 6.92. The lowest BCUT2D eigenvalue weighted by atomic mass is 9.86. The molecule has 0 radical (unpaired) electrons. The average Bonchev–Trinajstić information content (AvgIpc) is 2.38. The minimum Gasteiger partial charge on any atom is -0.325 e. The van der Waals surface area contributed by atoms with Crippen molar-refractivity contribution in [3.05, 3.63) is 29.8 Å². The van der Waals surface area contributed by atoms with Gasteiger partial charge in [0.2, 0.25) is 5.91 Å². The largest absolute Gasteiger partial charge is 0.325 e. The van der Waals surface area contributed by atoms with Gasteiger partial charge in [-0.3, -0.25) is 4.79 Å². The maximum Gasteiger partial charge on any atom is 0.241 e. The molecule has 1 aromatic carbocycles. The van der Waals surface area contributed by atoms with E-state index in [0.29, 0.717) is 18.0 Å². The van der Waals surface area contributed by atoms with E-state index in [2.05, 4.69) is 11.4 Å². The van der Waals surface area contributed by atoms with Gasteiger partial charge in [-0.25, -0.2) is 0 Å². The minimum atomic E-state index is -0.531. The lowest BCUT2D eigenvalue weighted by Gasteiger charge is -2.17. The molecule has 4 nitrogen and oxygen atoms in total. The van der Waals surface area contributed by atoms with Crippen LogP contribution in [-0.4, -0.2) is 11.9 Å². The summed E-state index contributed by atoms with van der Waals surface area (Å²) >= 11 is 0. The van der Waals surface area contributed by atoms with E-state index in [1.54, 1.807) is 12.1 Å². The maximum atomic E-state index is 11.9. The van der Waals surface area contributed by atoms with Gasteiger partial charge in [-0.1, -0.05) is 26.0 Å². The van der Waals surface area contributed by atoms with E-state index in [1.165, 1.54) is 0 Å². The number of anilines is 1. The first kappa shape index (κ1) is 16.2. The highest BCUT2D eigenvalue weighted by Gasteiger charge is 2.20. The van der Waals surface area contributed by atoms with Crippen LogP contribution in [0.4, 0.5) is 5.69 Å². The SMILES string of the molecule is CC(C)C[C@H](N)C(=O)Nc1ccc(C(C)(C)C#N)cc1. The molecule has 0 aromatic heterocycles. The van der Waals surface area contributed by atoms with Gasteiger partial charge in [0.15, 0.2) is 0 Å². The van der Waals surface area contributed by atoms with Crippen LogP contribution in [0.2, 0.25) is 0 Å². The number of nitriles is 1. The van der Waals surface area contributed by atoms with Crippen LogP contribution in [0.15, 0.2) is 24.3 Å². The number of carbonyl (C=O) groups is 1. The second-order valence-electron chi connectivity index (χ2n) is 6.04. The molecule has 0 heterocycles. The summed E-state index contributed by atoms with van der Waals surface area (Å²) in [6.45, 7) is 7.79. The Morgan fingerprint density at radius 2 is 1.90 bits per heavy atom. The van der Waals surface area contributed by atoms with Crippen LogP contribution in [0, 0.1) is 17.2 Å². The quantitative estimate of drug-likeness (QED) is 0.865. The number of hydrogen-bond acceptors (Lipinski definition) is 3. The van der Waals surface area contributed by atoms with Gasteiger partial charge in [0, 0.05) is 5.69 Å². The molecule has 3 N–H and O–H groups in total. The summed E-state index contributed by atoms with van der Waals surface area (Å²) in [7, 11) is 0. The fourth-order valence-electron chi connectivity index (χ4n) is 1.88. The van der Waals surface area contributed by atoms with E-state index in [4.69, 9.17) is 11.0 Å². The summed E-state index contributed by atoms with van der Waals surface area (Å²) in [4.78, 5) is 11.9. The third kappa shape index (κ3) is 4.36. The van der Waals surface area contributed by atoms with Gasteiger partial charge in [-0.05, 0) is 43.9 Å². The number of amides is 1. The first-order valence-electron chi connectivity index (χ1n) is 6.84. The van der Waals surface area contributed by atoms with Crippen LogP contribution < -0.4 is 11.1 Å².